The third kappa shape index (κ3) is 5.19. The maximum Gasteiger partial charge on any atom is 0.233 e. The van der Waals surface area contributed by atoms with Crippen LogP contribution in [0.5, 0.6) is 0 Å². The Labute approximate surface area is 129 Å². The molecule has 1 heterocycles. The van der Waals surface area contributed by atoms with Crippen molar-refractivity contribution >= 4 is 17.7 Å². The van der Waals surface area contributed by atoms with E-state index >= 15 is 0 Å². The molecule has 1 unspecified atom stereocenters. The standard InChI is InChI=1S/C16H19N3OS/c1-12-10-15(19-11-18-12)21-13(2)16(20)17-9-8-14-6-4-3-5-7-14/h3-7,10-11,13H,8-9H2,1-2H3,(H,17,20). The highest BCUT2D eigenvalue weighted by atomic mass is 32.2. The fraction of sp³-hybridized carbons (Fsp3) is 0.312. The monoisotopic (exact) mass is 301 g/mol. The lowest BCUT2D eigenvalue weighted by atomic mass is 10.1. The molecule has 0 bridgehead atoms. The second-order valence-corrected chi connectivity index (χ2v) is 6.15. The molecule has 0 radical (unpaired) electrons. The van der Waals surface area contributed by atoms with Crippen molar-refractivity contribution < 1.29 is 4.79 Å². The Hall–Kier alpha value is -1.88. The maximum atomic E-state index is 12.0. The molecule has 5 heteroatoms. The van der Waals surface area contributed by atoms with Crippen LogP contribution in [0, 0.1) is 6.92 Å². The molecule has 2 aromatic rings. The van der Waals surface area contributed by atoms with Crippen LogP contribution in [0.25, 0.3) is 0 Å². The number of aromatic nitrogens is 2. The van der Waals surface area contributed by atoms with E-state index in [4.69, 9.17) is 0 Å². The van der Waals surface area contributed by atoms with Crippen molar-refractivity contribution in [3.05, 3.63) is 54.0 Å². The summed E-state index contributed by atoms with van der Waals surface area (Å²) in [6.07, 6.45) is 2.37. The summed E-state index contributed by atoms with van der Waals surface area (Å²) in [7, 11) is 0. The zero-order valence-electron chi connectivity index (χ0n) is 12.2. The predicted molar refractivity (Wildman–Crippen MR) is 85.2 cm³/mol. The third-order valence-electron chi connectivity index (χ3n) is 3.00. The lowest BCUT2D eigenvalue weighted by molar-refractivity contribution is -0.120. The van der Waals surface area contributed by atoms with Crippen LogP contribution in [-0.4, -0.2) is 27.7 Å². The summed E-state index contributed by atoms with van der Waals surface area (Å²) >= 11 is 1.45. The highest BCUT2D eigenvalue weighted by Crippen LogP contribution is 2.20. The second-order valence-electron chi connectivity index (χ2n) is 4.78. The molecular formula is C16H19N3OS. The molecule has 0 spiro atoms. The van der Waals surface area contributed by atoms with Gasteiger partial charge in [0, 0.05) is 12.2 Å². The maximum absolute atomic E-state index is 12.0. The zero-order chi connectivity index (χ0) is 15.1. The van der Waals surface area contributed by atoms with E-state index in [1.807, 2.05) is 38.1 Å². The van der Waals surface area contributed by atoms with Crippen molar-refractivity contribution in [3.63, 3.8) is 0 Å². The Bertz CT molecular complexity index is 589. The van der Waals surface area contributed by atoms with Gasteiger partial charge in [0.25, 0.3) is 0 Å². The van der Waals surface area contributed by atoms with Crippen LogP contribution in [0.4, 0.5) is 0 Å². The molecule has 0 aliphatic rings. The molecular weight excluding hydrogens is 282 g/mol. The Morgan fingerprint density at radius 3 is 2.76 bits per heavy atom. The summed E-state index contributed by atoms with van der Waals surface area (Å²) in [5, 5.41) is 3.62. The second kappa shape index (κ2) is 7.78. The molecule has 1 amide bonds. The number of thioether (sulfide) groups is 1. The fourth-order valence-corrected chi connectivity index (χ4v) is 2.75. The SMILES string of the molecule is Cc1cc(SC(C)C(=O)NCCc2ccccc2)ncn1. The number of amides is 1. The van der Waals surface area contributed by atoms with E-state index in [1.165, 1.54) is 23.7 Å². The summed E-state index contributed by atoms with van der Waals surface area (Å²) in [6, 6.07) is 12.0. The molecule has 1 aromatic heterocycles. The van der Waals surface area contributed by atoms with Gasteiger partial charge in [0.15, 0.2) is 0 Å². The number of nitrogens with zero attached hydrogens (tertiary/aromatic N) is 2. The summed E-state index contributed by atoms with van der Waals surface area (Å²) in [5.41, 5.74) is 2.13. The summed E-state index contributed by atoms with van der Waals surface area (Å²) in [4.78, 5) is 20.3. The minimum Gasteiger partial charge on any atom is -0.355 e. The van der Waals surface area contributed by atoms with E-state index in [1.54, 1.807) is 0 Å². The number of benzene rings is 1. The van der Waals surface area contributed by atoms with Gasteiger partial charge in [0.1, 0.15) is 11.4 Å². The molecule has 0 saturated heterocycles. The van der Waals surface area contributed by atoms with Gasteiger partial charge >= 0.3 is 0 Å². The van der Waals surface area contributed by atoms with Gasteiger partial charge in [-0.3, -0.25) is 4.79 Å². The van der Waals surface area contributed by atoms with E-state index in [-0.39, 0.29) is 11.2 Å². The van der Waals surface area contributed by atoms with Crippen LogP contribution in [0.3, 0.4) is 0 Å². The van der Waals surface area contributed by atoms with Crippen LogP contribution >= 0.6 is 11.8 Å². The Morgan fingerprint density at radius 2 is 2.05 bits per heavy atom. The Kier molecular flexibility index (Phi) is 5.75. The smallest absolute Gasteiger partial charge is 0.233 e. The van der Waals surface area contributed by atoms with E-state index < -0.39 is 0 Å². The number of nitrogens with one attached hydrogen (secondary N) is 1. The van der Waals surface area contributed by atoms with Gasteiger partial charge < -0.3 is 5.32 Å². The Balaban J connectivity index is 1.77. The molecule has 21 heavy (non-hydrogen) atoms. The van der Waals surface area contributed by atoms with E-state index in [0.29, 0.717) is 6.54 Å². The van der Waals surface area contributed by atoms with Crippen molar-refractivity contribution in [1.82, 2.24) is 15.3 Å². The topological polar surface area (TPSA) is 54.9 Å². The van der Waals surface area contributed by atoms with Crippen LogP contribution in [-0.2, 0) is 11.2 Å². The largest absolute Gasteiger partial charge is 0.355 e. The van der Waals surface area contributed by atoms with Crippen molar-refractivity contribution in [2.24, 2.45) is 0 Å². The summed E-state index contributed by atoms with van der Waals surface area (Å²) in [6.45, 7) is 4.45. The number of hydrogen-bond acceptors (Lipinski definition) is 4. The van der Waals surface area contributed by atoms with E-state index in [2.05, 4.69) is 27.4 Å². The van der Waals surface area contributed by atoms with Gasteiger partial charge in [0.2, 0.25) is 5.91 Å². The third-order valence-corrected chi connectivity index (χ3v) is 4.03. The van der Waals surface area contributed by atoms with Gasteiger partial charge in [0.05, 0.1) is 5.25 Å². The molecule has 1 N–H and O–H groups in total. The average Bonchev–Trinajstić information content (AvgIpc) is 2.48. The van der Waals surface area contributed by atoms with Crippen LogP contribution in [0.1, 0.15) is 18.2 Å². The molecule has 1 atom stereocenters. The first-order chi connectivity index (χ1) is 10.1. The average molecular weight is 301 g/mol. The molecule has 0 fully saturated rings. The number of hydrogen-bond donors (Lipinski definition) is 1. The highest BCUT2D eigenvalue weighted by Gasteiger charge is 2.14. The van der Waals surface area contributed by atoms with Crippen molar-refractivity contribution in [3.8, 4) is 0 Å². The molecule has 2 rings (SSSR count). The number of carbonyl (C=O) groups is 1. The first-order valence-corrected chi connectivity index (χ1v) is 7.80. The molecule has 4 nitrogen and oxygen atoms in total. The van der Waals surface area contributed by atoms with Gasteiger partial charge in [-0.25, -0.2) is 9.97 Å². The molecule has 1 aromatic carbocycles. The quantitative estimate of drug-likeness (QED) is 0.658. The Morgan fingerprint density at radius 1 is 1.29 bits per heavy atom. The zero-order valence-corrected chi connectivity index (χ0v) is 13.1. The fourth-order valence-electron chi connectivity index (χ4n) is 1.85. The van der Waals surface area contributed by atoms with Gasteiger partial charge in [-0.05, 0) is 31.9 Å². The van der Waals surface area contributed by atoms with Crippen molar-refractivity contribution in [2.45, 2.75) is 30.5 Å². The summed E-state index contributed by atoms with van der Waals surface area (Å²) in [5.74, 6) is 0.0344. The van der Waals surface area contributed by atoms with Gasteiger partial charge in [-0.1, -0.05) is 42.1 Å². The lowest BCUT2D eigenvalue weighted by Crippen LogP contribution is -2.32. The minimum atomic E-state index is -0.171. The molecule has 110 valence electrons. The predicted octanol–water partition coefficient (Wildman–Crippen LogP) is 2.62. The van der Waals surface area contributed by atoms with Gasteiger partial charge in [-0.15, -0.1) is 0 Å². The lowest BCUT2D eigenvalue weighted by Gasteiger charge is -2.11. The van der Waals surface area contributed by atoms with Crippen LogP contribution in [0.15, 0.2) is 47.8 Å². The molecule has 0 aliphatic heterocycles. The number of aryl methyl sites for hydroxylation is 1. The van der Waals surface area contributed by atoms with Crippen LogP contribution in [0.2, 0.25) is 0 Å². The van der Waals surface area contributed by atoms with Crippen molar-refractivity contribution in [2.75, 3.05) is 6.54 Å². The normalized spacial score (nSPS) is 11.9. The number of carbonyl (C=O) groups excluding carboxylic acids is 1. The highest BCUT2D eigenvalue weighted by molar-refractivity contribution is 8.00. The molecule has 0 saturated carbocycles. The first kappa shape index (κ1) is 15.5. The van der Waals surface area contributed by atoms with E-state index in [0.717, 1.165) is 17.1 Å². The van der Waals surface area contributed by atoms with Crippen molar-refractivity contribution in [1.29, 1.82) is 0 Å². The first-order valence-electron chi connectivity index (χ1n) is 6.92. The van der Waals surface area contributed by atoms with E-state index in [9.17, 15) is 4.79 Å². The van der Waals surface area contributed by atoms with Gasteiger partial charge in [-0.2, -0.15) is 0 Å². The number of rotatable bonds is 6. The summed E-state index contributed by atoms with van der Waals surface area (Å²) < 4.78 is 0. The minimum absolute atomic E-state index is 0.0344. The van der Waals surface area contributed by atoms with Crippen LogP contribution < -0.4 is 5.32 Å². The molecule has 0 aliphatic carbocycles.